The van der Waals surface area contributed by atoms with Crippen molar-refractivity contribution in [2.45, 2.75) is 6.92 Å². The number of Topliss-reactive ketones (excluding diaryl/α,β-unsaturated/α-hetero) is 1. The van der Waals surface area contributed by atoms with E-state index in [4.69, 9.17) is 4.74 Å². The van der Waals surface area contributed by atoms with Gasteiger partial charge in [0.15, 0.2) is 5.78 Å². The van der Waals surface area contributed by atoms with Crippen molar-refractivity contribution in [1.29, 1.82) is 0 Å². The number of ether oxygens (including phenoxy) is 1. The van der Waals surface area contributed by atoms with Crippen molar-refractivity contribution in [2.24, 2.45) is 0 Å². The van der Waals surface area contributed by atoms with Gasteiger partial charge >= 0.3 is 0 Å². The second kappa shape index (κ2) is 3.54. The first-order chi connectivity index (χ1) is 5.65. The predicted octanol–water partition coefficient (Wildman–Crippen LogP) is 2.52. The first-order valence-electron chi connectivity index (χ1n) is 3.48. The van der Waals surface area contributed by atoms with Crippen molar-refractivity contribution in [1.82, 2.24) is 0 Å². The van der Waals surface area contributed by atoms with Gasteiger partial charge in [-0.25, -0.2) is 0 Å². The molecule has 0 aliphatic carbocycles. The first kappa shape index (κ1) is 9.00. The van der Waals surface area contributed by atoms with Crippen LogP contribution in [0.15, 0.2) is 23.6 Å². The second-order valence-electron chi connectivity index (χ2n) is 2.46. The molecule has 0 unspecified atom stereocenters. The summed E-state index contributed by atoms with van der Waals surface area (Å²) in [7, 11) is 1.58. The van der Waals surface area contributed by atoms with Gasteiger partial charge in [-0.15, -0.1) is 11.3 Å². The van der Waals surface area contributed by atoms with E-state index in [1.807, 2.05) is 0 Å². The van der Waals surface area contributed by atoms with E-state index in [1.54, 1.807) is 25.5 Å². The second-order valence-corrected chi connectivity index (χ2v) is 3.37. The highest BCUT2D eigenvalue weighted by Crippen LogP contribution is 2.22. The number of hydrogen-bond acceptors (Lipinski definition) is 3. The number of methoxy groups -OCH3 is 1. The lowest BCUT2D eigenvalue weighted by Gasteiger charge is -1.92. The van der Waals surface area contributed by atoms with Crippen molar-refractivity contribution in [3.05, 3.63) is 28.5 Å². The molecule has 0 aliphatic heterocycles. The molecular weight excluding hydrogens is 172 g/mol. The van der Waals surface area contributed by atoms with E-state index >= 15 is 0 Å². The molecule has 0 aromatic carbocycles. The van der Waals surface area contributed by atoms with E-state index in [0.29, 0.717) is 10.5 Å². The van der Waals surface area contributed by atoms with Gasteiger partial charge in [-0.1, -0.05) is 6.58 Å². The molecule has 3 heteroatoms. The fourth-order valence-electron chi connectivity index (χ4n) is 0.755. The minimum Gasteiger partial charge on any atom is -0.496 e. The topological polar surface area (TPSA) is 26.3 Å². The normalized spacial score (nSPS) is 9.50. The van der Waals surface area contributed by atoms with Gasteiger partial charge in [-0.3, -0.25) is 4.79 Å². The van der Waals surface area contributed by atoms with Gasteiger partial charge in [0.2, 0.25) is 0 Å². The van der Waals surface area contributed by atoms with Crippen LogP contribution in [0.4, 0.5) is 0 Å². The van der Waals surface area contributed by atoms with Gasteiger partial charge in [0.1, 0.15) is 5.75 Å². The molecule has 0 atom stereocenters. The highest BCUT2D eigenvalue weighted by molar-refractivity contribution is 7.12. The largest absolute Gasteiger partial charge is 0.496 e. The van der Waals surface area contributed by atoms with Crippen LogP contribution < -0.4 is 4.74 Å². The van der Waals surface area contributed by atoms with Gasteiger partial charge in [-0.2, -0.15) is 0 Å². The highest BCUT2D eigenvalue weighted by atomic mass is 32.1. The summed E-state index contributed by atoms with van der Waals surface area (Å²) in [5.41, 5.74) is 0.555. The monoisotopic (exact) mass is 182 g/mol. The Bertz CT molecular complexity index is 312. The highest BCUT2D eigenvalue weighted by Gasteiger charge is 2.09. The fraction of sp³-hybridized carbons (Fsp3) is 0.222. The van der Waals surface area contributed by atoms with Gasteiger partial charge in [0.05, 0.1) is 12.0 Å². The molecule has 12 heavy (non-hydrogen) atoms. The minimum atomic E-state index is -0.0108. The molecule has 0 N–H and O–H groups in total. The molecular formula is C9H10O2S. The van der Waals surface area contributed by atoms with E-state index in [0.717, 1.165) is 5.75 Å². The van der Waals surface area contributed by atoms with Crippen LogP contribution >= 0.6 is 11.3 Å². The number of thiophene rings is 1. The van der Waals surface area contributed by atoms with Crippen LogP contribution in [-0.4, -0.2) is 12.9 Å². The molecule has 1 rings (SSSR count). The molecule has 2 nitrogen and oxygen atoms in total. The van der Waals surface area contributed by atoms with Crippen LogP contribution in [0.1, 0.15) is 16.6 Å². The molecule has 0 spiro atoms. The maximum atomic E-state index is 11.3. The third kappa shape index (κ3) is 1.74. The SMILES string of the molecule is C=C(C)C(=O)c1cc(OC)cs1. The van der Waals surface area contributed by atoms with Crippen molar-refractivity contribution < 1.29 is 9.53 Å². The van der Waals surface area contributed by atoms with Crippen molar-refractivity contribution >= 4 is 17.1 Å². The minimum absolute atomic E-state index is 0.0108. The van der Waals surface area contributed by atoms with Crippen LogP contribution in [0.2, 0.25) is 0 Å². The van der Waals surface area contributed by atoms with Crippen molar-refractivity contribution in [3.63, 3.8) is 0 Å². The number of ketones is 1. The first-order valence-corrected chi connectivity index (χ1v) is 4.36. The number of carbonyl (C=O) groups excluding carboxylic acids is 1. The smallest absolute Gasteiger partial charge is 0.198 e. The molecule has 0 saturated heterocycles. The molecule has 0 amide bonds. The van der Waals surface area contributed by atoms with E-state index in [1.165, 1.54) is 11.3 Å². The lowest BCUT2D eigenvalue weighted by molar-refractivity contribution is 0.103. The van der Waals surface area contributed by atoms with E-state index < -0.39 is 0 Å². The third-order valence-electron chi connectivity index (χ3n) is 1.42. The number of allylic oxidation sites excluding steroid dienone is 1. The lowest BCUT2D eigenvalue weighted by atomic mass is 10.2. The Labute approximate surface area is 75.5 Å². The van der Waals surface area contributed by atoms with Gasteiger partial charge in [-0.05, 0) is 12.5 Å². The summed E-state index contributed by atoms with van der Waals surface area (Å²) in [4.78, 5) is 12.0. The molecule has 64 valence electrons. The molecule has 0 fully saturated rings. The molecule has 0 saturated carbocycles. The quantitative estimate of drug-likeness (QED) is 0.530. The average molecular weight is 182 g/mol. The maximum absolute atomic E-state index is 11.3. The van der Waals surface area contributed by atoms with Crippen LogP contribution in [0.5, 0.6) is 5.75 Å². The Kier molecular flexibility index (Phi) is 2.65. The van der Waals surface area contributed by atoms with Crippen LogP contribution in [-0.2, 0) is 0 Å². The van der Waals surface area contributed by atoms with Crippen molar-refractivity contribution in [2.75, 3.05) is 7.11 Å². The zero-order valence-electron chi connectivity index (χ0n) is 7.09. The van der Waals surface area contributed by atoms with E-state index in [2.05, 4.69) is 6.58 Å². The lowest BCUT2D eigenvalue weighted by Crippen LogP contribution is -1.95. The Morgan fingerprint density at radius 3 is 2.75 bits per heavy atom. The van der Waals surface area contributed by atoms with E-state index in [9.17, 15) is 4.79 Å². The van der Waals surface area contributed by atoms with Crippen molar-refractivity contribution in [3.8, 4) is 5.75 Å². The van der Waals surface area contributed by atoms with Gasteiger partial charge in [0.25, 0.3) is 0 Å². The summed E-state index contributed by atoms with van der Waals surface area (Å²) in [5, 5.41) is 1.80. The summed E-state index contributed by atoms with van der Waals surface area (Å²) < 4.78 is 4.95. The fourth-order valence-corrected chi connectivity index (χ4v) is 1.63. The zero-order chi connectivity index (χ0) is 9.14. The molecule has 1 heterocycles. The maximum Gasteiger partial charge on any atom is 0.198 e. The molecule has 1 aromatic heterocycles. The average Bonchev–Trinajstić information content (AvgIpc) is 2.50. The summed E-state index contributed by atoms with van der Waals surface area (Å²) in [6.07, 6.45) is 0. The Balaban J connectivity index is 2.89. The zero-order valence-corrected chi connectivity index (χ0v) is 7.90. The molecule has 0 bridgehead atoms. The van der Waals surface area contributed by atoms with Crippen LogP contribution in [0, 0.1) is 0 Å². The van der Waals surface area contributed by atoms with Gasteiger partial charge < -0.3 is 4.74 Å². The summed E-state index contributed by atoms with van der Waals surface area (Å²) in [6, 6.07) is 1.72. The molecule has 1 aromatic rings. The summed E-state index contributed by atoms with van der Waals surface area (Å²) in [6.45, 7) is 5.29. The standard InChI is InChI=1S/C9H10O2S/c1-6(2)9(10)8-4-7(11-3)5-12-8/h4-5H,1H2,2-3H3. The van der Waals surface area contributed by atoms with E-state index in [-0.39, 0.29) is 5.78 Å². The number of hydrogen-bond donors (Lipinski definition) is 0. The number of carbonyl (C=O) groups is 1. The summed E-state index contributed by atoms with van der Waals surface area (Å²) in [5.74, 6) is 0.716. The van der Waals surface area contributed by atoms with Crippen LogP contribution in [0.3, 0.4) is 0 Å². The molecule has 0 aliphatic rings. The Morgan fingerprint density at radius 2 is 2.33 bits per heavy atom. The third-order valence-corrected chi connectivity index (χ3v) is 2.33. The number of rotatable bonds is 3. The Hall–Kier alpha value is -1.09. The van der Waals surface area contributed by atoms with Crippen LogP contribution in [0.25, 0.3) is 0 Å². The molecule has 0 radical (unpaired) electrons. The predicted molar refractivity (Wildman–Crippen MR) is 50.0 cm³/mol. The van der Waals surface area contributed by atoms with Gasteiger partial charge in [0, 0.05) is 11.4 Å². The Morgan fingerprint density at radius 1 is 1.67 bits per heavy atom. The summed E-state index contributed by atoms with van der Waals surface area (Å²) >= 11 is 1.38.